The van der Waals surface area contributed by atoms with Crippen LogP contribution in [0.15, 0.2) is 58.2 Å². The molecule has 9 nitrogen and oxygen atoms in total. The Bertz CT molecular complexity index is 1220. The molecule has 0 saturated carbocycles. The highest BCUT2D eigenvalue weighted by Gasteiger charge is 2.18. The van der Waals surface area contributed by atoms with E-state index in [1.807, 2.05) is 0 Å². The monoisotopic (exact) mass is 560 g/mol. The lowest BCUT2D eigenvalue weighted by atomic mass is 10.3. The number of anilines is 2. The Kier molecular flexibility index (Phi) is 7.77. The zero-order chi connectivity index (χ0) is 23.3. The lowest BCUT2D eigenvalue weighted by molar-refractivity contribution is -0.118. The number of hydrogen-bond donors (Lipinski definition) is 2. The summed E-state index contributed by atoms with van der Waals surface area (Å²) in [6.07, 6.45) is 2.70. The summed E-state index contributed by atoms with van der Waals surface area (Å²) in [4.78, 5) is 19.9. The third-order valence-electron chi connectivity index (χ3n) is 3.85. The van der Waals surface area contributed by atoms with Gasteiger partial charge in [-0.2, -0.15) is 0 Å². The van der Waals surface area contributed by atoms with Crippen molar-refractivity contribution in [3.8, 4) is 11.6 Å². The van der Waals surface area contributed by atoms with Crippen molar-refractivity contribution >= 4 is 66.6 Å². The number of hydrogen-bond acceptors (Lipinski definition) is 7. The van der Waals surface area contributed by atoms with Crippen LogP contribution in [0.25, 0.3) is 0 Å². The fourth-order valence-electron chi connectivity index (χ4n) is 2.45. The van der Waals surface area contributed by atoms with Crippen molar-refractivity contribution in [2.45, 2.75) is 4.90 Å². The van der Waals surface area contributed by atoms with E-state index in [9.17, 15) is 13.2 Å². The highest BCUT2D eigenvalue weighted by atomic mass is 79.9. The van der Waals surface area contributed by atoms with Gasteiger partial charge in [-0.15, -0.1) is 0 Å². The molecule has 0 aliphatic rings. The highest BCUT2D eigenvalue weighted by Crippen LogP contribution is 2.36. The Morgan fingerprint density at radius 3 is 2.47 bits per heavy atom. The predicted octanol–water partition coefficient (Wildman–Crippen LogP) is 4.37. The summed E-state index contributed by atoms with van der Waals surface area (Å²) in [5, 5.41) is 3.27. The molecule has 2 N–H and O–H groups in total. The fourth-order valence-corrected chi connectivity index (χ4v) is 4.83. The van der Waals surface area contributed by atoms with Crippen molar-refractivity contribution in [2.24, 2.45) is 0 Å². The van der Waals surface area contributed by atoms with Crippen molar-refractivity contribution < 1.29 is 22.7 Å². The molecule has 1 heterocycles. The first kappa shape index (κ1) is 24.1. The Hall–Kier alpha value is -2.60. The van der Waals surface area contributed by atoms with Gasteiger partial charge in [-0.05, 0) is 52.3 Å². The average molecular weight is 562 g/mol. The molecule has 0 spiro atoms. The third-order valence-corrected chi connectivity index (χ3v) is 6.29. The van der Waals surface area contributed by atoms with Gasteiger partial charge in [-0.3, -0.25) is 9.52 Å². The lowest BCUT2D eigenvalue weighted by Crippen LogP contribution is -2.20. The van der Waals surface area contributed by atoms with Gasteiger partial charge in [0.2, 0.25) is 5.82 Å². The van der Waals surface area contributed by atoms with E-state index in [2.05, 4.69) is 35.9 Å². The van der Waals surface area contributed by atoms with E-state index < -0.39 is 15.9 Å². The Balaban J connectivity index is 1.63. The summed E-state index contributed by atoms with van der Waals surface area (Å²) in [6, 6.07) is 8.61. The van der Waals surface area contributed by atoms with E-state index in [1.54, 1.807) is 6.07 Å². The minimum atomic E-state index is -3.95. The molecule has 1 aromatic heterocycles. The number of aromatic nitrogens is 2. The summed E-state index contributed by atoms with van der Waals surface area (Å²) in [7, 11) is -2.60. The second-order valence-corrected chi connectivity index (χ2v) is 9.46. The van der Waals surface area contributed by atoms with Crippen LogP contribution in [0.1, 0.15) is 0 Å². The van der Waals surface area contributed by atoms with Crippen molar-refractivity contribution in [1.82, 2.24) is 9.97 Å². The van der Waals surface area contributed by atoms with E-state index >= 15 is 0 Å². The van der Waals surface area contributed by atoms with Crippen LogP contribution < -0.4 is 19.5 Å². The van der Waals surface area contributed by atoms with Crippen molar-refractivity contribution in [2.75, 3.05) is 23.8 Å². The number of carbonyl (C=O) groups is 1. The van der Waals surface area contributed by atoms with Gasteiger partial charge >= 0.3 is 0 Å². The van der Waals surface area contributed by atoms with Gasteiger partial charge in [0, 0.05) is 23.1 Å². The normalized spacial score (nSPS) is 11.0. The molecule has 0 aliphatic heterocycles. The molecule has 2 aromatic carbocycles. The van der Waals surface area contributed by atoms with E-state index in [-0.39, 0.29) is 34.0 Å². The summed E-state index contributed by atoms with van der Waals surface area (Å²) >= 11 is 15.2. The van der Waals surface area contributed by atoms with Crippen LogP contribution >= 0.6 is 39.1 Å². The number of carbonyl (C=O) groups excluding carboxylic acids is 1. The number of ether oxygens (including phenoxy) is 2. The van der Waals surface area contributed by atoms with E-state index in [0.717, 1.165) is 0 Å². The molecule has 168 valence electrons. The van der Waals surface area contributed by atoms with Crippen LogP contribution in [0.3, 0.4) is 0 Å². The quantitative estimate of drug-likeness (QED) is 0.419. The number of rotatable bonds is 8. The highest BCUT2D eigenvalue weighted by molar-refractivity contribution is 9.10. The summed E-state index contributed by atoms with van der Waals surface area (Å²) in [5.41, 5.74) is 0.371. The summed E-state index contributed by atoms with van der Waals surface area (Å²) < 4.78 is 38.4. The molecule has 3 rings (SSSR count). The summed E-state index contributed by atoms with van der Waals surface area (Å²) in [5.74, 6) is -0.206. The molecule has 3 aromatic rings. The topological polar surface area (TPSA) is 120 Å². The van der Waals surface area contributed by atoms with Crippen LogP contribution in [0, 0.1) is 0 Å². The van der Waals surface area contributed by atoms with Crippen molar-refractivity contribution in [3.05, 3.63) is 63.3 Å². The van der Waals surface area contributed by atoms with Crippen LogP contribution in [-0.2, 0) is 14.8 Å². The first-order valence-corrected chi connectivity index (χ1v) is 11.8. The number of nitrogens with one attached hydrogen (secondary N) is 2. The van der Waals surface area contributed by atoms with Gasteiger partial charge in [0.15, 0.2) is 12.4 Å². The van der Waals surface area contributed by atoms with Gasteiger partial charge in [0.1, 0.15) is 0 Å². The zero-order valence-electron chi connectivity index (χ0n) is 16.3. The molecular formula is C19H15BrCl2N4O5S. The molecule has 0 atom stereocenters. The first-order chi connectivity index (χ1) is 15.2. The standard InChI is InChI=1S/C19H15BrCl2N4O5S/c1-30-19-18(23-6-7-24-19)26-32(28,29)13-4-2-12(3-5-13)25-16(27)10-31-17-14(20)8-11(21)9-15(17)22/h2-9H,10H2,1H3,(H,23,26)(H,25,27). The van der Waals surface area contributed by atoms with Crippen molar-refractivity contribution in [1.29, 1.82) is 0 Å². The number of halogens is 3. The second-order valence-electron chi connectivity index (χ2n) is 6.08. The average Bonchev–Trinajstić information content (AvgIpc) is 2.73. The molecule has 0 saturated heterocycles. The Morgan fingerprint density at radius 1 is 1.12 bits per heavy atom. The lowest BCUT2D eigenvalue weighted by Gasteiger charge is -2.12. The molecule has 0 unspecified atom stereocenters. The summed E-state index contributed by atoms with van der Waals surface area (Å²) in [6.45, 7) is -0.325. The second kappa shape index (κ2) is 10.3. The third kappa shape index (κ3) is 6.00. The largest absolute Gasteiger partial charge is 0.481 e. The maximum absolute atomic E-state index is 12.6. The predicted molar refractivity (Wildman–Crippen MR) is 124 cm³/mol. The fraction of sp³-hybridized carbons (Fsp3) is 0.105. The minimum Gasteiger partial charge on any atom is -0.481 e. The maximum atomic E-state index is 12.6. The van der Waals surface area contributed by atoms with Crippen LogP contribution in [0.5, 0.6) is 11.6 Å². The number of benzene rings is 2. The SMILES string of the molecule is COc1nccnc1NS(=O)(=O)c1ccc(NC(=O)COc2c(Cl)cc(Cl)cc2Br)cc1. The van der Waals surface area contributed by atoms with Gasteiger partial charge in [0.25, 0.3) is 21.8 Å². The van der Waals surface area contributed by atoms with Crippen molar-refractivity contribution in [3.63, 3.8) is 0 Å². The van der Waals surface area contributed by atoms with Crippen LogP contribution in [0.2, 0.25) is 10.0 Å². The molecule has 32 heavy (non-hydrogen) atoms. The van der Waals surface area contributed by atoms with E-state index in [0.29, 0.717) is 15.2 Å². The molecule has 0 aliphatic carbocycles. The van der Waals surface area contributed by atoms with Gasteiger partial charge in [-0.1, -0.05) is 23.2 Å². The van der Waals surface area contributed by atoms with Crippen LogP contribution in [-0.4, -0.2) is 38.0 Å². The van der Waals surface area contributed by atoms with E-state index in [1.165, 1.54) is 49.8 Å². The van der Waals surface area contributed by atoms with Gasteiger partial charge in [-0.25, -0.2) is 18.4 Å². The van der Waals surface area contributed by atoms with Gasteiger partial charge in [0.05, 0.1) is 21.5 Å². The van der Waals surface area contributed by atoms with Gasteiger partial charge < -0.3 is 14.8 Å². The number of sulfonamides is 1. The molecule has 0 bridgehead atoms. The Labute approximate surface area is 202 Å². The molecule has 13 heteroatoms. The molecule has 0 fully saturated rings. The number of nitrogens with zero attached hydrogens (tertiary/aromatic N) is 2. The molecule has 1 amide bonds. The number of amides is 1. The Morgan fingerprint density at radius 2 is 1.81 bits per heavy atom. The maximum Gasteiger partial charge on any atom is 0.263 e. The first-order valence-electron chi connectivity index (χ1n) is 8.74. The molecule has 0 radical (unpaired) electrons. The number of methoxy groups -OCH3 is 1. The van der Waals surface area contributed by atoms with Crippen LogP contribution in [0.4, 0.5) is 11.5 Å². The molecular weight excluding hydrogens is 547 g/mol. The van der Waals surface area contributed by atoms with E-state index in [4.69, 9.17) is 32.7 Å². The minimum absolute atomic E-state index is 0.0346. The zero-order valence-corrected chi connectivity index (χ0v) is 20.2. The smallest absolute Gasteiger partial charge is 0.263 e.